The fraction of sp³-hybridized carbons (Fsp3) is 0.267. The summed E-state index contributed by atoms with van der Waals surface area (Å²) in [4.78, 5) is 11.8. The molecule has 2 rings (SSSR count). The summed E-state index contributed by atoms with van der Waals surface area (Å²) < 4.78 is 10.6. The number of hydrogen-bond acceptors (Lipinski definition) is 4. The Morgan fingerprint density at radius 3 is 2.74 bits per heavy atom. The lowest BCUT2D eigenvalue weighted by atomic mass is 10.1. The Labute approximate surface area is 117 Å². The van der Waals surface area contributed by atoms with E-state index in [0.717, 1.165) is 16.4 Å². The molecule has 1 heterocycles. The number of ether oxygens (including phenoxy) is 1. The average Bonchev–Trinajstić information content (AvgIpc) is 2.83. The van der Waals surface area contributed by atoms with E-state index in [1.165, 1.54) is 0 Å². The summed E-state index contributed by atoms with van der Waals surface area (Å²) in [5.74, 6) is 1.30. The number of carbonyl (C=O) groups excluding carboxylic acids is 1. The lowest BCUT2D eigenvalue weighted by Crippen LogP contribution is -2.07. The van der Waals surface area contributed by atoms with Gasteiger partial charge in [-0.05, 0) is 37.6 Å². The van der Waals surface area contributed by atoms with Crippen molar-refractivity contribution in [3.8, 4) is 0 Å². The number of furan rings is 1. The highest BCUT2D eigenvalue weighted by molar-refractivity contribution is 7.98. The van der Waals surface area contributed by atoms with Crippen molar-refractivity contribution in [3.05, 3.63) is 53.3 Å². The van der Waals surface area contributed by atoms with Crippen molar-refractivity contribution >= 4 is 17.7 Å². The molecule has 0 bridgehead atoms. The second-order valence-electron chi connectivity index (χ2n) is 4.03. The Kier molecular flexibility index (Phi) is 4.68. The van der Waals surface area contributed by atoms with Crippen molar-refractivity contribution in [3.63, 3.8) is 0 Å². The molecular weight excluding hydrogens is 260 g/mol. The van der Waals surface area contributed by atoms with E-state index < -0.39 is 0 Å². The molecule has 0 aliphatic rings. The van der Waals surface area contributed by atoms with Crippen LogP contribution in [-0.4, -0.2) is 12.6 Å². The van der Waals surface area contributed by atoms with Crippen molar-refractivity contribution < 1.29 is 13.9 Å². The fourth-order valence-electron chi connectivity index (χ4n) is 1.69. The minimum Gasteiger partial charge on any atom is -0.462 e. The summed E-state index contributed by atoms with van der Waals surface area (Å²) in [6, 6.07) is 11.4. The SMILES string of the molecule is CCOC(=O)c1ccccc1CSc1ccc(C)o1. The van der Waals surface area contributed by atoms with Gasteiger partial charge >= 0.3 is 5.97 Å². The summed E-state index contributed by atoms with van der Waals surface area (Å²) in [6.07, 6.45) is 0. The van der Waals surface area contributed by atoms with Gasteiger partial charge in [-0.25, -0.2) is 4.79 Å². The number of benzene rings is 1. The van der Waals surface area contributed by atoms with E-state index in [-0.39, 0.29) is 5.97 Å². The van der Waals surface area contributed by atoms with Crippen molar-refractivity contribution in [2.45, 2.75) is 24.7 Å². The maximum atomic E-state index is 11.8. The first-order valence-corrected chi connectivity index (χ1v) is 7.13. The van der Waals surface area contributed by atoms with Crippen LogP contribution in [-0.2, 0) is 10.5 Å². The first-order valence-electron chi connectivity index (χ1n) is 6.15. The van der Waals surface area contributed by atoms with E-state index in [2.05, 4.69) is 0 Å². The van der Waals surface area contributed by atoms with Crippen LogP contribution in [0.1, 0.15) is 28.6 Å². The number of aryl methyl sites for hydroxylation is 1. The molecule has 4 heteroatoms. The first kappa shape index (κ1) is 13.7. The van der Waals surface area contributed by atoms with Crippen LogP contribution in [0.5, 0.6) is 0 Å². The van der Waals surface area contributed by atoms with Crippen molar-refractivity contribution in [1.29, 1.82) is 0 Å². The highest BCUT2D eigenvalue weighted by atomic mass is 32.2. The van der Waals surface area contributed by atoms with Gasteiger partial charge in [-0.1, -0.05) is 30.0 Å². The van der Waals surface area contributed by atoms with Gasteiger partial charge in [0.2, 0.25) is 0 Å². The van der Waals surface area contributed by atoms with Crippen molar-refractivity contribution in [2.24, 2.45) is 0 Å². The zero-order chi connectivity index (χ0) is 13.7. The molecule has 0 atom stereocenters. The van der Waals surface area contributed by atoms with Crippen LogP contribution in [0.2, 0.25) is 0 Å². The molecule has 0 spiro atoms. The van der Waals surface area contributed by atoms with Gasteiger partial charge < -0.3 is 9.15 Å². The Hall–Kier alpha value is -1.68. The molecule has 3 nitrogen and oxygen atoms in total. The normalized spacial score (nSPS) is 10.4. The molecule has 0 aliphatic carbocycles. The van der Waals surface area contributed by atoms with Gasteiger partial charge in [-0.15, -0.1) is 0 Å². The lowest BCUT2D eigenvalue weighted by Gasteiger charge is -2.07. The van der Waals surface area contributed by atoms with Gasteiger partial charge in [0.15, 0.2) is 5.09 Å². The summed E-state index contributed by atoms with van der Waals surface area (Å²) in [5, 5.41) is 0.858. The van der Waals surface area contributed by atoms with Gasteiger partial charge in [-0.2, -0.15) is 0 Å². The third-order valence-electron chi connectivity index (χ3n) is 2.60. The standard InChI is InChI=1S/C15H16O3S/c1-3-17-15(16)13-7-5-4-6-12(13)10-19-14-9-8-11(2)18-14/h4-9H,3,10H2,1-2H3. The van der Waals surface area contributed by atoms with Crippen LogP contribution in [0.3, 0.4) is 0 Å². The molecule has 0 radical (unpaired) electrons. The quantitative estimate of drug-likeness (QED) is 0.610. The highest BCUT2D eigenvalue weighted by Gasteiger charge is 2.12. The van der Waals surface area contributed by atoms with E-state index in [4.69, 9.17) is 9.15 Å². The molecule has 19 heavy (non-hydrogen) atoms. The molecule has 0 fully saturated rings. The van der Waals surface area contributed by atoms with Gasteiger partial charge in [0.1, 0.15) is 5.76 Å². The number of rotatable bonds is 5. The third kappa shape index (κ3) is 3.64. The molecule has 0 N–H and O–H groups in total. The number of hydrogen-bond donors (Lipinski definition) is 0. The summed E-state index contributed by atoms with van der Waals surface area (Å²) >= 11 is 1.57. The van der Waals surface area contributed by atoms with Crippen LogP contribution >= 0.6 is 11.8 Å². The predicted octanol–water partition coefficient (Wildman–Crippen LogP) is 4.06. The molecule has 0 saturated carbocycles. The summed E-state index contributed by atoms with van der Waals surface area (Å²) in [6.45, 7) is 4.11. The van der Waals surface area contributed by atoms with Crippen LogP contribution in [0.4, 0.5) is 0 Å². The molecule has 0 aliphatic heterocycles. The Bertz CT molecular complexity index is 560. The highest BCUT2D eigenvalue weighted by Crippen LogP contribution is 2.26. The minimum absolute atomic E-state index is 0.269. The van der Waals surface area contributed by atoms with Crippen LogP contribution in [0.15, 0.2) is 45.9 Å². The molecule has 0 unspecified atom stereocenters. The van der Waals surface area contributed by atoms with Crippen molar-refractivity contribution in [1.82, 2.24) is 0 Å². The number of carbonyl (C=O) groups is 1. The minimum atomic E-state index is -0.269. The topological polar surface area (TPSA) is 39.4 Å². The molecule has 2 aromatic rings. The summed E-state index contributed by atoms with van der Waals surface area (Å²) in [5.41, 5.74) is 1.58. The number of thioether (sulfide) groups is 1. The second kappa shape index (κ2) is 6.48. The van der Waals surface area contributed by atoms with E-state index in [0.29, 0.717) is 17.9 Å². The second-order valence-corrected chi connectivity index (χ2v) is 5.01. The van der Waals surface area contributed by atoms with Crippen LogP contribution in [0.25, 0.3) is 0 Å². The fourth-order valence-corrected chi connectivity index (χ4v) is 2.60. The smallest absolute Gasteiger partial charge is 0.338 e. The van der Waals surface area contributed by atoms with Gasteiger partial charge in [-0.3, -0.25) is 0 Å². The molecule has 1 aromatic heterocycles. The van der Waals surface area contributed by atoms with Gasteiger partial charge in [0.25, 0.3) is 0 Å². The van der Waals surface area contributed by atoms with Crippen LogP contribution < -0.4 is 0 Å². The Morgan fingerprint density at radius 2 is 2.05 bits per heavy atom. The Morgan fingerprint density at radius 1 is 1.26 bits per heavy atom. The zero-order valence-electron chi connectivity index (χ0n) is 11.0. The monoisotopic (exact) mass is 276 g/mol. The maximum Gasteiger partial charge on any atom is 0.338 e. The van der Waals surface area contributed by atoms with E-state index >= 15 is 0 Å². The molecular formula is C15H16O3S. The van der Waals surface area contributed by atoms with Gasteiger partial charge in [0.05, 0.1) is 12.2 Å². The lowest BCUT2D eigenvalue weighted by molar-refractivity contribution is 0.0525. The zero-order valence-corrected chi connectivity index (χ0v) is 11.8. The molecule has 1 aromatic carbocycles. The third-order valence-corrected chi connectivity index (χ3v) is 3.56. The Balaban J connectivity index is 2.09. The number of esters is 1. The maximum absolute atomic E-state index is 11.8. The van der Waals surface area contributed by atoms with E-state index in [1.54, 1.807) is 24.8 Å². The van der Waals surface area contributed by atoms with Crippen LogP contribution in [0, 0.1) is 6.92 Å². The predicted molar refractivity (Wildman–Crippen MR) is 75.4 cm³/mol. The molecule has 0 amide bonds. The summed E-state index contributed by atoms with van der Waals surface area (Å²) in [7, 11) is 0. The first-order chi connectivity index (χ1) is 9.20. The largest absolute Gasteiger partial charge is 0.462 e. The molecule has 100 valence electrons. The van der Waals surface area contributed by atoms with Crippen molar-refractivity contribution in [2.75, 3.05) is 6.61 Å². The average molecular weight is 276 g/mol. The van der Waals surface area contributed by atoms with E-state index in [9.17, 15) is 4.79 Å². The van der Waals surface area contributed by atoms with E-state index in [1.807, 2.05) is 37.3 Å². The van der Waals surface area contributed by atoms with Gasteiger partial charge in [0, 0.05) is 5.75 Å². The molecule has 0 saturated heterocycles.